The van der Waals surface area contributed by atoms with Crippen molar-refractivity contribution in [3.05, 3.63) is 65.4 Å². The lowest BCUT2D eigenvalue weighted by atomic mass is 9.87. The summed E-state index contributed by atoms with van der Waals surface area (Å²) in [7, 11) is 0. The summed E-state index contributed by atoms with van der Waals surface area (Å²) in [6.07, 6.45) is -0.458. The number of aromatic nitrogens is 1. The summed E-state index contributed by atoms with van der Waals surface area (Å²) < 4.78 is 44.7. The van der Waals surface area contributed by atoms with Crippen LogP contribution in [-0.2, 0) is 22.1 Å². The number of nitrogens with zero attached hydrogens (tertiary/aromatic N) is 2. The van der Waals surface area contributed by atoms with Crippen LogP contribution in [0.5, 0.6) is 0 Å². The standard InChI is InChI=1S/C25H28F3N3O4/c1-23(2,3)35-22(34)31(20-10-6-18(15-30-20)7-11-21(32)33)24(12-13-29-16-24)14-17-4-8-19(9-5-17)25(26,27)28/h4-11,15,29H,12-14,16H2,1-3H3,(H,32,33)/b11-7+/t24-/m0/s1. The monoisotopic (exact) mass is 491 g/mol. The van der Waals surface area contributed by atoms with Gasteiger partial charge in [0.25, 0.3) is 0 Å². The summed E-state index contributed by atoms with van der Waals surface area (Å²) in [5.74, 6) is -0.806. The van der Waals surface area contributed by atoms with Gasteiger partial charge in [-0.25, -0.2) is 14.6 Å². The molecule has 1 aliphatic rings. The molecule has 2 heterocycles. The van der Waals surface area contributed by atoms with E-state index < -0.39 is 34.9 Å². The van der Waals surface area contributed by atoms with E-state index in [2.05, 4.69) is 10.3 Å². The van der Waals surface area contributed by atoms with E-state index in [1.165, 1.54) is 29.3 Å². The van der Waals surface area contributed by atoms with Crippen LogP contribution in [0, 0.1) is 0 Å². The summed E-state index contributed by atoms with van der Waals surface area (Å²) >= 11 is 0. The van der Waals surface area contributed by atoms with E-state index in [1.807, 2.05) is 0 Å². The highest BCUT2D eigenvalue weighted by Gasteiger charge is 2.45. The van der Waals surface area contributed by atoms with Gasteiger partial charge in [-0.05, 0) is 81.6 Å². The van der Waals surface area contributed by atoms with Crippen molar-refractivity contribution in [1.29, 1.82) is 0 Å². The minimum Gasteiger partial charge on any atom is -0.478 e. The normalized spacial score (nSPS) is 18.6. The highest BCUT2D eigenvalue weighted by Crippen LogP contribution is 2.35. The van der Waals surface area contributed by atoms with Gasteiger partial charge >= 0.3 is 18.2 Å². The van der Waals surface area contributed by atoms with Gasteiger partial charge < -0.3 is 15.2 Å². The summed E-state index contributed by atoms with van der Waals surface area (Å²) in [4.78, 5) is 30.1. The molecule has 0 unspecified atom stereocenters. The zero-order valence-corrected chi connectivity index (χ0v) is 19.7. The van der Waals surface area contributed by atoms with Gasteiger partial charge in [-0.15, -0.1) is 0 Å². The number of benzene rings is 1. The van der Waals surface area contributed by atoms with Crippen molar-refractivity contribution >= 4 is 24.0 Å². The third-order valence-corrected chi connectivity index (χ3v) is 5.50. The molecule has 1 aromatic carbocycles. The topological polar surface area (TPSA) is 91.8 Å². The summed E-state index contributed by atoms with van der Waals surface area (Å²) in [5.41, 5.74) is -1.21. The second-order valence-electron chi connectivity index (χ2n) is 9.46. The lowest BCUT2D eigenvalue weighted by Gasteiger charge is -2.40. The number of nitrogens with one attached hydrogen (secondary N) is 1. The number of carboxylic acid groups (broad SMARTS) is 1. The summed E-state index contributed by atoms with van der Waals surface area (Å²) in [6.45, 7) is 6.21. The molecular weight excluding hydrogens is 463 g/mol. The van der Waals surface area contributed by atoms with Crippen molar-refractivity contribution in [2.75, 3.05) is 18.0 Å². The molecule has 2 N–H and O–H groups in total. The number of carbonyl (C=O) groups excluding carboxylic acids is 1. The third-order valence-electron chi connectivity index (χ3n) is 5.50. The number of halogens is 3. The zero-order chi connectivity index (χ0) is 25.9. The van der Waals surface area contributed by atoms with E-state index in [0.717, 1.165) is 18.2 Å². The van der Waals surface area contributed by atoms with Crippen molar-refractivity contribution < 1.29 is 32.6 Å². The minimum absolute atomic E-state index is 0.278. The summed E-state index contributed by atoms with van der Waals surface area (Å²) in [5, 5.41) is 12.1. The predicted octanol–water partition coefficient (Wildman–Crippen LogP) is 4.91. The van der Waals surface area contributed by atoms with Crippen molar-refractivity contribution in [2.45, 2.75) is 50.9 Å². The Labute approximate surface area is 201 Å². The Balaban J connectivity index is 2.00. The number of pyridine rings is 1. The van der Waals surface area contributed by atoms with E-state index in [-0.39, 0.29) is 6.42 Å². The van der Waals surface area contributed by atoms with Crippen molar-refractivity contribution in [1.82, 2.24) is 10.3 Å². The quantitative estimate of drug-likeness (QED) is 0.558. The molecule has 0 radical (unpaired) electrons. The van der Waals surface area contributed by atoms with Gasteiger partial charge in [0.05, 0.1) is 11.1 Å². The number of amides is 1. The third kappa shape index (κ3) is 6.82. The smallest absolute Gasteiger partial charge is 0.416 e. The number of carbonyl (C=O) groups is 2. The first kappa shape index (κ1) is 26.2. The van der Waals surface area contributed by atoms with E-state index in [0.29, 0.717) is 36.5 Å². The van der Waals surface area contributed by atoms with Crippen molar-refractivity contribution in [2.24, 2.45) is 0 Å². The van der Waals surface area contributed by atoms with Crippen LogP contribution in [0.2, 0.25) is 0 Å². The maximum atomic E-state index is 13.4. The van der Waals surface area contributed by atoms with Crippen LogP contribution in [0.3, 0.4) is 0 Å². The maximum Gasteiger partial charge on any atom is 0.416 e. The Morgan fingerprint density at radius 2 is 1.86 bits per heavy atom. The number of ether oxygens (including phenoxy) is 1. The van der Waals surface area contributed by atoms with Gasteiger partial charge in [0, 0.05) is 18.8 Å². The van der Waals surface area contributed by atoms with Gasteiger partial charge in [-0.2, -0.15) is 13.2 Å². The van der Waals surface area contributed by atoms with Gasteiger partial charge in [-0.3, -0.25) is 4.90 Å². The van der Waals surface area contributed by atoms with E-state index in [4.69, 9.17) is 9.84 Å². The molecule has 1 fully saturated rings. The van der Waals surface area contributed by atoms with E-state index in [9.17, 15) is 22.8 Å². The molecule has 188 valence electrons. The number of alkyl halides is 3. The zero-order valence-electron chi connectivity index (χ0n) is 19.7. The molecule has 3 rings (SSSR count). The molecule has 7 nitrogen and oxygen atoms in total. The molecule has 0 bridgehead atoms. The number of carboxylic acids is 1. The number of rotatable bonds is 6. The van der Waals surface area contributed by atoms with E-state index >= 15 is 0 Å². The Hall–Kier alpha value is -3.40. The second kappa shape index (κ2) is 10.1. The van der Waals surface area contributed by atoms with Crippen LogP contribution in [0.25, 0.3) is 6.08 Å². The van der Waals surface area contributed by atoms with Crippen molar-refractivity contribution in [3.63, 3.8) is 0 Å². The molecule has 0 saturated carbocycles. The molecule has 1 atom stereocenters. The Morgan fingerprint density at radius 3 is 2.34 bits per heavy atom. The number of hydrogen-bond acceptors (Lipinski definition) is 5. The first-order valence-corrected chi connectivity index (χ1v) is 11.1. The van der Waals surface area contributed by atoms with E-state index in [1.54, 1.807) is 32.9 Å². The fourth-order valence-corrected chi connectivity index (χ4v) is 3.98. The van der Waals surface area contributed by atoms with Crippen LogP contribution in [-0.4, -0.2) is 46.4 Å². The van der Waals surface area contributed by atoms with Crippen LogP contribution in [0.15, 0.2) is 48.7 Å². The Kier molecular flexibility index (Phi) is 7.54. The number of hydrogen-bond donors (Lipinski definition) is 2. The van der Waals surface area contributed by atoms with Crippen molar-refractivity contribution in [3.8, 4) is 0 Å². The fourth-order valence-electron chi connectivity index (χ4n) is 3.98. The maximum absolute atomic E-state index is 13.4. The SMILES string of the molecule is CC(C)(C)OC(=O)N(c1ccc(/C=C/C(=O)O)cn1)[C@]1(Cc2ccc(C(F)(F)F)cc2)CCNC1. The second-order valence-corrected chi connectivity index (χ2v) is 9.46. The first-order valence-electron chi connectivity index (χ1n) is 11.1. The molecule has 0 spiro atoms. The minimum atomic E-state index is -4.44. The molecule has 1 aliphatic heterocycles. The van der Waals surface area contributed by atoms with Crippen LogP contribution in [0.4, 0.5) is 23.8 Å². The average molecular weight is 492 g/mol. The van der Waals surface area contributed by atoms with Gasteiger partial charge in [0.15, 0.2) is 0 Å². The first-order chi connectivity index (χ1) is 16.3. The highest BCUT2D eigenvalue weighted by molar-refractivity contribution is 5.89. The Bertz CT molecular complexity index is 1070. The molecule has 10 heteroatoms. The van der Waals surface area contributed by atoms with Crippen LogP contribution >= 0.6 is 0 Å². The molecule has 2 aromatic rings. The van der Waals surface area contributed by atoms with Crippen LogP contribution in [0.1, 0.15) is 43.9 Å². The average Bonchev–Trinajstić information content (AvgIpc) is 3.20. The lowest BCUT2D eigenvalue weighted by Crippen LogP contribution is -2.56. The highest BCUT2D eigenvalue weighted by atomic mass is 19.4. The number of aliphatic carboxylic acids is 1. The van der Waals surface area contributed by atoms with Gasteiger partial charge in [-0.1, -0.05) is 12.1 Å². The predicted molar refractivity (Wildman–Crippen MR) is 125 cm³/mol. The Morgan fingerprint density at radius 1 is 1.17 bits per heavy atom. The molecule has 35 heavy (non-hydrogen) atoms. The number of anilines is 1. The largest absolute Gasteiger partial charge is 0.478 e. The molecule has 0 aliphatic carbocycles. The summed E-state index contributed by atoms with van der Waals surface area (Å²) in [6, 6.07) is 8.13. The molecule has 1 amide bonds. The van der Waals surface area contributed by atoms with Gasteiger partial charge in [0.2, 0.25) is 0 Å². The molecular formula is C25H28F3N3O4. The lowest BCUT2D eigenvalue weighted by molar-refractivity contribution is -0.137. The van der Waals surface area contributed by atoms with Crippen LogP contribution < -0.4 is 10.2 Å². The fraction of sp³-hybridized carbons (Fsp3) is 0.400. The molecule has 1 saturated heterocycles. The molecule has 1 aromatic heterocycles. The van der Waals surface area contributed by atoms with Gasteiger partial charge in [0.1, 0.15) is 11.4 Å².